The Morgan fingerprint density at radius 1 is 1.21 bits per heavy atom. The number of hydrogen-bond acceptors (Lipinski definition) is 3. The zero-order chi connectivity index (χ0) is 14.4. The van der Waals surface area contributed by atoms with Crippen LogP contribution in [0.5, 0.6) is 5.75 Å². The lowest BCUT2D eigenvalue weighted by atomic mass is 10.0. The Morgan fingerprint density at radius 3 is 2.37 bits per heavy atom. The van der Waals surface area contributed by atoms with Crippen molar-refractivity contribution in [3.8, 4) is 5.75 Å². The fraction of sp³-hybridized carbons (Fsp3) is 0.273. The highest BCUT2D eigenvalue weighted by atomic mass is 35.5. The van der Waals surface area contributed by atoms with Crippen molar-refractivity contribution in [3.63, 3.8) is 0 Å². The molecule has 1 aromatic carbocycles. The Bertz CT molecular complexity index is 541. The van der Waals surface area contributed by atoms with E-state index >= 15 is 0 Å². The molecule has 1 aliphatic rings. The predicted octanol–water partition coefficient (Wildman–Crippen LogP) is 3.01. The second-order valence-corrected chi connectivity index (χ2v) is 4.71. The van der Waals surface area contributed by atoms with E-state index in [1.165, 1.54) is 12.1 Å². The molecule has 2 rings (SSSR count). The minimum absolute atomic E-state index is 0.0838. The topological polar surface area (TPSA) is 49.7 Å². The van der Waals surface area contributed by atoms with Crippen LogP contribution in [0.25, 0.3) is 6.08 Å². The Balaban J connectivity index is 2.58. The Hall–Kier alpha value is -0.950. The van der Waals surface area contributed by atoms with Gasteiger partial charge in [-0.25, -0.2) is 0 Å². The first kappa shape index (κ1) is 14.5. The first-order valence-electron chi connectivity index (χ1n) is 5.00. The minimum Gasteiger partial charge on any atom is -0.474 e. The smallest absolute Gasteiger partial charge is 0.429 e. The molecule has 0 amide bonds. The molecule has 1 aliphatic heterocycles. The van der Waals surface area contributed by atoms with E-state index in [1.54, 1.807) is 0 Å². The van der Waals surface area contributed by atoms with Gasteiger partial charge >= 0.3 is 6.18 Å². The Kier molecular flexibility index (Phi) is 3.70. The molecule has 2 N–H and O–H groups in total. The van der Waals surface area contributed by atoms with Crippen molar-refractivity contribution in [3.05, 3.63) is 33.3 Å². The van der Waals surface area contributed by atoms with Crippen LogP contribution in [0, 0.1) is 0 Å². The second-order valence-electron chi connectivity index (χ2n) is 3.86. The van der Waals surface area contributed by atoms with Gasteiger partial charge in [0.2, 0.25) is 6.10 Å². The summed E-state index contributed by atoms with van der Waals surface area (Å²) in [6.07, 6.45) is -8.59. The highest BCUT2D eigenvalue weighted by molar-refractivity contribution is 6.36. The molecule has 19 heavy (non-hydrogen) atoms. The van der Waals surface area contributed by atoms with Gasteiger partial charge in [-0.05, 0) is 18.2 Å². The maximum Gasteiger partial charge on any atom is 0.429 e. The van der Waals surface area contributed by atoms with Crippen LogP contribution in [0.2, 0.25) is 10.0 Å². The molecule has 1 aromatic rings. The Labute approximate surface area is 115 Å². The van der Waals surface area contributed by atoms with Crippen LogP contribution >= 0.6 is 23.2 Å². The first-order valence-corrected chi connectivity index (χ1v) is 5.76. The minimum atomic E-state index is -4.80. The number of aliphatic hydroxyl groups excluding tert-OH is 1. The van der Waals surface area contributed by atoms with Crippen molar-refractivity contribution in [1.29, 1.82) is 0 Å². The average Bonchev–Trinajstić information content (AvgIpc) is 2.25. The van der Waals surface area contributed by atoms with E-state index in [4.69, 9.17) is 38.2 Å². The lowest BCUT2D eigenvalue weighted by Gasteiger charge is -2.30. The molecule has 0 saturated carbocycles. The second kappa shape index (κ2) is 4.86. The average molecular weight is 315 g/mol. The molecule has 8 heteroatoms. The van der Waals surface area contributed by atoms with Crippen molar-refractivity contribution in [2.24, 2.45) is 0 Å². The third kappa shape index (κ3) is 2.81. The number of rotatable bonds is 1. The van der Waals surface area contributed by atoms with Gasteiger partial charge in [-0.1, -0.05) is 23.2 Å². The number of aliphatic hydroxyl groups is 2. The summed E-state index contributed by atoms with van der Waals surface area (Å²) < 4.78 is 43.2. The molecule has 1 atom stereocenters. The van der Waals surface area contributed by atoms with Crippen molar-refractivity contribution in [1.82, 2.24) is 0 Å². The molecule has 0 radical (unpaired) electrons. The van der Waals surface area contributed by atoms with Gasteiger partial charge in [0.05, 0.1) is 5.02 Å². The fourth-order valence-electron chi connectivity index (χ4n) is 1.72. The van der Waals surface area contributed by atoms with Gasteiger partial charge in [0.15, 0.2) is 6.29 Å². The zero-order valence-corrected chi connectivity index (χ0v) is 10.6. The zero-order valence-electron chi connectivity index (χ0n) is 9.08. The number of alkyl halides is 3. The molecule has 0 saturated heterocycles. The van der Waals surface area contributed by atoms with Crippen LogP contribution in [-0.2, 0) is 0 Å². The summed E-state index contributed by atoms with van der Waals surface area (Å²) in [5.74, 6) is -0.196. The maximum atomic E-state index is 12.8. The molecule has 0 fully saturated rings. The molecule has 1 heterocycles. The van der Waals surface area contributed by atoms with Crippen LogP contribution in [0.3, 0.4) is 0 Å². The molecule has 0 aliphatic carbocycles. The Morgan fingerprint density at radius 2 is 1.84 bits per heavy atom. The third-order valence-corrected chi connectivity index (χ3v) is 2.99. The highest BCUT2D eigenvalue weighted by Crippen LogP contribution is 2.42. The molecule has 3 nitrogen and oxygen atoms in total. The molecule has 0 bridgehead atoms. The summed E-state index contributed by atoms with van der Waals surface area (Å²) in [4.78, 5) is 0. The van der Waals surface area contributed by atoms with Gasteiger partial charge in [-0.15, -0.1) is 0 Å². The first-order chi connectivity index (χ1) is 8.70. The molecular formula is C11H7Cl2F3O3. The standard InChI is InChI=1S/C11H7Cl2F3O3/c12-5-1-4-2-6(10(17)18)9(11(14,15)16)19-8(4)7(13)3-5/h1-3,9-10,17-18H. The van der Waals surface area contributed by atoms with Gasteiger partial charge in [-0.2, -0.15) is 13.2 Å². The van der Waals surface area contributed by atoms with Gasteiger partial charge in [0.1, 0.15) is 5.75 Å². The number of hydrogen-bond donors (Lipinski definition) is 2. The largest absolute Gasteiger partial charge is 0.474 e. The van der Waals surface area contributed by atoms with Crippen molar-refractivity contribution in [2.75, 3.05) is 0 Å². The van der Waals surface area contributed by atoms with Gasteiger partial charge in [0.25, 0.3) is 0 Å². The van der Waals surface area contributed by atoms with Crippen LogP contribution in [0.1, 0.15) is 5.56 Å². The fourth-order valence-corrected chi connectivity index (χ4v) is 2.27. The van der Waals surface area contributed by atoms with E-state index in [0.29, 0.717) is 0 Å². The number of fused-ring (bicyclic) bond motifs is 1. The number of benzene rings is 1. The normalized spacial score (nSPS) is 18.9. The van der Waals surface area contributed by atoms with E-state index in [2.05, 4.69) is 0 Å². The summed E-state index contributed by atoms with van der Waals surface area (Å²) in [7, 11) is 0. The maximum absolute atomic E-state index is 12.8. The molecule has 1 unspecified atom stereocenters. The monoisotopic (exact) mass is 314 g/mol. The molecular weight excluding hydrogens is 308 g/mol. The summed E-state index contributed by atoms with van der Waals surface area (Å²) in [5, 5.41) is 18.1. The third-order valence-electron chi connectivity index (χ3n) is 2.49. The van der Waals surface area contributed by atoms with Crippen LogP contribution in [0.15, 0.2) is 17.7 Å². The van der Waals surface area contributed by atoms with E-state index in [1.807, 2.05) is 0 Å². The number of halogens is 5. The lowest BCUT2D eigenvalue weighted by molar-refractivity contribution is -0.192. The number of ether oxygens (including phenoxy) is 1. The van der Waals surface area contributed by atoms with E-state index in [-0.39, 0.29) is 21.4 Å². The van der Waals surface area contributed by atoms with E-state index < -0.39 is 24.1 Å². The highest BCUT2D eigenvalue weighted by Gasteiger charge is 2.48. The van der Waals surface area contributed by atoms with Crippen LogP contribution in [-0.4, -0.2) is 28.8 Å². The summed E-state index contributed by atoms with van der Waals surface area (Å²) in [6, 6.07) is 2.56. The molecule has 0 aromatic heterocycles. The quantitative estimate of drug-likeness (QED) is 0.783. The van der Waals surface area contributed by atoms with Crippen molar-refractivity contribution < 1.29 is 28.1 Å². The predicted molar refractivity (Wildman–Crippen MR) is 63.1 cm³/mol. The van der Waals surface area contributed by atoms with Crippen LogP contribution < -0.4 is 4.74 Å². The van der Waals surface area contributed by atoms with Crippen LogP contribution in [0.4, 0.5) is 13.2 Å². The summed E-state index contributed by atoms with van der Waals surface area (Å²) in [6.45, 7) is 0. The molecule has 104 valence electrons. The van der Waals surface area contributed by atoms with E-state index in [0.717, 1.165) is 6.08 Å². The van der Waals surface area contributed by atoms with Gasteiger partial charge < -0.3 is 14.9 Å². The summed E-state index contributed by atoms with van der Waals surface area (Å²) in [5.41, 5.74) is -0.570. The summed E-state index contributed by atoms with van der Waals surface area (Å²) >= 11 is 11.5. The molecule has 0 spiro atoms. The van der Waals surface area contributed by atoms with Crippen molar-refractivity contribution >= 4 is 29.3 Å². The van der Waals surface area contributed by atoms with Gasteiger partial charge in [-0.3, -0.25) is 0 Å². The lowest BCUT2D eigenvalue weighted by Crippen LogP contribution is -2.41. The SMILES string of the molecule is OC(O)C1=Cc2cc(Cl)cc(Cl)c2OC1C(F)(F)F. The van der Waals surface area contributed by atoms with Crippen molar-refractivity contribution in [2.45, 2.75) is 18.6 Å². The van der Waals surface area contributed by atoms with Gasteiger partial charge in [0, 0.05) is 16.2 Å². The van der Waals surface area contributed by atoms with E-state index in [9.17, 15) is 13.2 Å².